The number of phenolic OH excluding ortho intramolecular Hbond substituents is 2. The number of aliphatic hydroxyl groups is 4. The molecular weight excluding hydrogens is 1910 g/mol. The Morgan fingerprint density at radius 2 is 0.671 bits per heavy atom. The number of rotatable bonds is 20. The van der Waals surface area contributed by atoms with Crippen LogP contribution in [0.3, 0.4) is 0 Å². The molecular formula is C107H118N8O24S4. The number of carbonyl (C=O) groups excluding carboxylic acids is 1. The topological polar surface area (TPSA) is 431 Å². The van der Waals surface area contributed by atoms with Gasteiger partial charge in [0.25, 0.3) is 0 Å². The maximum atomic E-state index is 13.3. The molecule has 20 aliphatic rings. The van der Waals surface area contributed by atoms with E-state index in [2.05, 4.69) is 40.4 Å². The standard InChI is InChI=1S/C33H34N2O8S2.2C27H30N2O6S.C20H24N2O4/c1-21-7-12-25(13-8-21)45(39,40)43-34-26-15-16-33(36)28-19-23-11-14-27(42-44(37,38)24-5-3-2-4-6-24)30-29(23)32(33,31(26)41-30)17-18-35(28)20-22-9-10-22;1-16-2-7-19(8-3-16)36(32,33)35-21-9-6-18-14-22-27(30)11-10-20(28-31)25-26(27,23(18)24(21)34-25)12-13-29(22)15-17-4-5-17;1-16-2-7-19(8-3-16)36(32,33)35-28-20-10-11-27(31)22-14-18-6-9-21(30)24-23(18)26(27,25(20)34-24)12-13-29(22)15-17-4-5-17;23-13-4-3-12-9-14-20(25)6-5-15(24)21-18-19(20,16(12)17(13)26-18)7-8-22(14)10-11-1-2-11/h2-8,11-14,22,28,31,36H,9-10,15-20H2,1H3;2*2-3,6-9,17,22,25,30-31H,4-5,10-15H2,1H3;3-4,11,14,18,23,25H,1-2,5-10H2,(H,21,24)/b34-26-;2*28-20-;/t28-,31+,32+,33-;2*22-,25+,26+,27-;14-,18-,19+,20-/m1111/s1. The quantitative estimate of drug-likeness (QED) is 0.0200. The molecule has 1 amide bonds. The maximum Gasteiger partial charge on any atom is 0.358 e. The smallest absolute Gasteiger partial charge is 0.358 e. The lowest BCUT2D eigenvalue weighted by molar-refractivity contribution is -0.167. The lowest BCUT2D eigenvalue weighted by Gasteiger charge is -2.63. The molecule has 8 aromatic rings. The lowest BCUT2D eigenvalue weighted by atomic mass is 9.49. The number of benzene rings is 8. The first kappa shape index (κ1) is 93.6. The van der Waals surface area contributed by atoms with Gasteiger partial charge in [-0.05, 0) is 313 Å². The molecule has 4 spiro atoms. The van der Waals surface area contributed by atoms with Crippen LogP contribution in [0, 0.1) is 44.4 Å². The molecule has 0 aromatic heterocycles. The highest BCUT2D eigenvalue weighted by Gasteiger charge is 2.78. The van der Waals surface area contributed by atoms with E-state index in [9.17, 15) is 74.3 Å². The van der Waals surface area contributed by atoms with Gasteiger partial charge in [0.05, 0.1) is 49.8 Å². The van der Waals surface area contributed by atoms with E-state index in [0.29, 0.717) is 142 Å². The Balaban J connectivity index is 0.000000102. The molecule has 16 atom stereocenters. The van der Waals surface area contributed by atoms with E-state index in [1.807, 2.05) is 45.0 Å². The molecule has 8 N–H and O–H groups in total. The van der Waals surface area contributed by atoms with Crippen LogP contribution in [0.1, 0.15) is 190 Å². The highest BCUT2D eigenvalue weighted by Crippen LogP contribution is 2.71. The molecule has 754 valence electrons. The van der Waals surface area contributed by atoms with Gasteiger partial charge in [0.2, 0.25) is 5.91 Å². The van der Waals surface area contributed by atoms with Crippen molar-refractivity contribution >= 4 is 63.5 Å². The minimum Gasteiger partial charge on any atom is -0.504 e. The van der Waals surface area contributed by atoms with Crippen LogP contribution in [0.2, 0.25) is 0 Å². The molecule has 143 heavy (non-hydrogen) atoms. The molecule has 36 heteroatoms. The molecule has 5 saturated heterocycles. The molecule has 9 heterocycles. The van der Waals surface area contributed by atoms with Gasteiger partial charge >= 0.3 is 40.5 Å². The predicted molar refractivity (Wildman–Crippen MR) is 520 cm³/mol. The molecule has 0 radical (unpaired) electrons. The summed E-state index contributed by atoms with van der Waals surface area (Å²) in [5.74, 6) is 4.43. The minimum absolute atomic E-state index is 0.00126. The number of nitrogens with zero attached hydrogens (tertiary/aromatic N) is 7. The number of likely N-dealkylation sites (tertiary alicyclic amines) is 4. The number of hydrogen-bond donors (Lipinski definition) is 8. The fourth-order valence-electron chi connectivity index (χ4n) is 28.7. The van der Waals surface area contributed by atoms with Gasteiger partial charge in [-0.2, -0.15) is 33.7 Å². The number of phenols is 2. The Bertz CT molecular complexity index is 7170. The minimum atomic E-state index is -4.21. The molecule has 28 rings (SSSR count). The van der Waals surface area contributed by atoms with Crippen molar-refractivity contribution in [3.8, 4) is 46.0 Å². The van der Waals surface area contributed by atoms with Crippen molar-refractivity contribution in [3.05, 3.63) is 213 Å². The van der Waals surface area contributed by atoms with Crippen molar-refractivity contribution < 1.29 is 110 Å². The summed E-state index contributed by atoms with van der Waals surface area (Å²) in [7, 11) is -16.6. The average molecular weight is 2030 g/mol. The molecule has 8 bridgehead atoms. The van der Waals surface area contributed by atoms with Gasteiger partial charge in [0, 0.05) is 79.0 Å². The summed E-state index contributed by atoms with van der Waals surface area (Å²) in [6.07, 6.45) is 15.4. The van der Waals surface area contributed by atoms with Crippen LogP contribution < -0.4 is 32.6 Å². The summed E-state index contributed by atoms with van der Waals surface area (Å²) in [5, 5.41) is 95.6. The van der Waals surface area contributed by atoms with Crippen LogP contribution in [-0.2, 0) is 101 Å². The maximum absolute atomic E-state index is 13.3. The zero-order valence-electron chi connectivity index (χ0n) is 79.8. The molecule has 7 saturated carbocycles. The summed E-state index contributed by atoms with van der Waals surface area (Å²) in [4.78, 5) is 22.2. The van der Waals surface area contributed by atoms with Gasteiger partial charge in [-0.1, -0.05) is 111 Å². The highest BCUT2D eigenvalue weighted by atomic mass is 32.2. The van der Waals surface area contributed by atoms with Crippen molar-refractivity contribution in [1.82, 2.24) is 24.9 Å². The zero-order chi connectivity index (χ0) is 98.6. The van der Waals surface area contributed by atoms with Crippen molar-refractivity contribution in [2.45, 2.75) is 287 Å². The number of carbonyl (C=O) groups is 1. The lowest BCUT2D eigenvalue weighted by Crippen LogP contribution is -2.76. The number of piperidine rings is 4. The Kier molecular flexibility index (Phi) is 21.8. The van der Waals surface area contributed by atoms with E-state index in [1.54, 1.807) is 78.9 Å². The monoisotopic (exact) mass is 2030 g/mol. The third kappa shape index (κ3) is 14.4. The molecule has 11 aliphatic carbocycles. The number of oxime groups is 3. The largest absolute Gasteiger partial charge is 0.504 e. The third-order valence-electron chi connectivity index (χ3n) is 36.2. The molecule has 8 aromatic carbocycles. The van der Waals surface area contributed by atoms with Crippen molar-refractivity contribution in [3.63, 3.8) is 0 Å². The van der Waals surface area contributed by atoms with E-state index in [-0.39, 0.29) is 84.8 Å². The summed E-state index contributed by atoms with van der Waals surface area (Å²) >= 11 is 0. The summed E-state index contributed by atoms with van der Waals surface area (Å²) < 4.78 is 152. The first-order valence-electron chi connectivity index (χ1n) is 50.7. The molecule has 32 nitrogen and oxygen atoms in total. The van der Waals surface area contributed by atoms with Crippen molar-refractivity contribution in [2.24, 2.45) is 39.1 Å². The van der Waals surface area contributed by atoms with Gasteiger partial charge < -0.3 is 68.5 Å². The highest BCUT2D eigenvalue weighted by molar-refractivity contribution is 7.87. The van der Waals surface area contributed by atoms with E-state index < -0.39 is 109 Å². The van der Waals surface area contributed by atoms with Crippen LogP contribution in [0.5, 0.6) is 46.0 Å². The Morgan fingerprint density at radius 3 is 1.05 bits per heavy atom. The number of aryl methyl sites for hydroxylation is 3. The van der Waals surface area contributed by atoms with Crippen molar-refractivity contribution in [1.29, 1.82) is 0 Å². The Hall–Kier alpha value is -10.5. The number of amides is 1. The number of nitrogens with one attached hydrogen (secondary N) is 1. The normalized spacial score (nSPS) is 33.7. The fourth-order valence-corrected chi connectivity index (χ4v) is 32.1. The third-order valence-corrected chi connectivity index (χ3v) is 41.0. The van der Waals surface area contributed by atoms with E-state index in [4.69, 9.17) is 35.9 Å². The Morgan fingerprint density at radius 1 is 0.364 bits per heavy atom. The molecule has 0 unspecified atom stereocenters. The van der Waals surface area contributed by atoms with Crippen LogP contribution in [-0.4, -0.2) is 236 Å². The Labute approximate surface area is 830 Å². The second kappa shape index (κ2) is 33.3. The number of hydrogen-bond acceptors (Lipinski definition) is 31. The number of aromatic hydroxyl groups is 2. The second-order valence-electron chi connectivity index (χ2n) is 44.2. The van der Waals surface area contributed by atoms with Gasteiger partial charge in [-0.15, -0.1) is 0 Å². The summed E-state index contributed by atoms with van der Waals surface area (Å²) in [6, 6.07) is 41.1. The van der Waals surface area contributed by atoms with Crippen molar-refractivity contribution in [2.75, 3.05) is 52.4 Å². The second-order valence-corrected chi connectivity index (χ2v) is 50.3. The first-order chi connectivity index (χ1) is 68.5. The van der Waals surface area contributed by atoms with Crippen LogP contribution in [0.4, 0.5) is 0 Å². The fraction of sp³-hybridized carbons (Fsp3) is 0.514. The van der Waals surface area contributed by atoms with Crippen LogP contribution in [0.25, 0.3) is 0 Å². The summed E-state index contributed by atoms with van der Waals surface area (Å²) in [6.45, 7) is 12.8. The molecule has 9 aliphatic heterocycles. The van der Waals surface area contributed by atoms with Crippen LogP contribution >= 0.6 is 0 Å². The van der Waals surface area contributed by atoms with E-state index in [1.165, 1.54) is 99.9 Å². The van der Waals surface area contributed by atoms with E-state index >= 15 is 0 Å². The van der Waals surface area contributed by atoms with E-state index in [0.717, 1.165) is 126 Å². The van der Waals surface area contributed by atoms with Gasteiger partial charge in [-0.3, -0.25) is 33.0 Å². The average Bonchev–Trinajstić information content (AvgIpc) is 1.52. The predicted octanol–water partition coefficient (Wildman–Crippen LogP) is 11.3. The van der Waals surface area contributed by atoms with Gasteiger partial charge in [-0.25, -0.2) is 0 Å². The first-order valence-corrected chi connectivity index (χ1v) is 56.4. The number of ether oxygens (including phenoxy) is 4. The molecule has 12 fully saturated rings. The zero-order valence-corrected chi connectivity index (χ0v) is 83.1. The van der Waals surface area contributed by atoms with Gasteiger partial charge in [0.15, 0.2) is 70.5 Å². The van der Waals surface area contributed by atoms with Crippen LogP contribution in [0.15, 0.2) is 187 Å². The van der Waals surface area contributed by atoms with Gasteiger partial charge in [0.1, 0.15) is 31.0 Å². The summed E-state index contributed by atoms with van der Waals surface area (Å²) in [5.41, 5.74) is 4.09. The SMILES string of the molecule is Cc1ccc(S(=O)(=O)O/N=C2/CC[C@@]3(O)[C@H]4Cc5ccc(O)c6c5[C@@]3(CCN4CC3CC3)[C@H]2O6)cc1.Cc1ccc(S(=O)(=O)O/N=C2/CC[C@@]3(O)[C@H]4Cc5ccc(OS(=O)(=O)c6ccccc6)c6c5[C@@]3(CCN4CC3CC3)[C@H]2O6)cc1.Cc1ccc(S(=O)(=O)Oc2ccc3c4c2O[C@H]2/C(=N\O)CC[C@@]5(O)[C@@H](C3)N(CC3CC3)CC[C@]425)cc1.O=C1CC[C@@]2(O)[C@H]3Cc4ccc(O)c5c4[C@@]2(CCN3CC2CC2)[C@H](N1)O5.